The molecule has 0 aliphatic carbocycles. The van der Waals surface area contributed by atoms with E-state index < -0.39 is 0 Å². The molecule has 1 aliphatic rings. The van der Waals surface area contributed by atoms with E-state index in [1.54, 1.807) is 0 Å². The molecule has 0 spiro atoms. The van der Waals surface area contributed by atoms with Crippen molar-refractivity contribution >= 4 is 35.5 Å². The van der Waals surface area contributed by atoms with Crippen molar-refractivity contribution in [3.63, 3.8) is 0 Å². The van der Waals surface area contributed by atoms with Crippen molar-refractivity contribution in [2.45, 2.75) is 52.1 Å². The smallest absolute Gasteiger partial charge is 0.229 e. The second kappa shape index (κ2) is 10.9. The number of hydrogen-bond acceptors (Lipinski definition) is 6. The highest BCUT2D eigenvalue weighted by Gasteiger charge is 2.15. The SMILES string of the molecule is Cc1cnc(Nc2ccc(OC3CCNCC3)cc2)nc1Nc1cccc(C(C)(C)C)c1.Cl. The van der Waals surface area contributed by atoms with Gasteiger partial charge in [0.25, 0.3) is 0 Å². The van der Waals surface area contributed by atoms with Crippen molar-refractivity contribution in [1.82, 2.24) is 15.3 Å². The Morgan fingerprint density at radius 1 is 0.970 bits per heavy atom. The highest BCUT2D eigenvalue weighted by atomic mass is 35.5. The van der Waals surface area contributed by atoms with Crippen molar-refractivity contribution in [3.8, 4) is 5.75 Å². The summed E-state index contributed by atoms with van der Waals surface area (Å²) in [4.78, 5) is 9.15. The van der Waals surface area contributed by atoms with Crippen LogP contribution in [0.2, 0.25) is 0 Å². The standard InChI is InChI=1S/C26H33N5O.ClH/c1-18-17-28-25(31-24(18)29-21-7-5-6-19(16-21)26(2,3)4)30-20-8-10-22(11-9-20)32-23-12-14-27-15-13-23;/h5-11,16-17,23,27H,12-15H2,1-4H3,(H2,28,29,30,31);1H. The van der Waals surface area contributed by atoms with Crippen LogP contribution in [0.5, 0.6) is 5.75 Å². The van der Waals surface area contributed by atoms with Crippen LogP contribution in [-0.2, 0) is 5.41 Å². The lowest BCUT2D eigenvalue weighted by atomic mass is 9.87. The predicted octanol–water partition coefficient (Wildman–Crippen LogP) is 6.12. The molecule has 7 heteroatoms. The molecular weight excluding hydrogens is 434 g/mol. The number of rotatable bonds is 6. The Labute approximate surface area is 203 Å². The lowest BCUT2D eigenvalue weighted by Gasteiger charge is -2.23. The van der Waals surface area contributed by atoms with Gasteiger partial charge in [0.15, 0.2) is 0 Å². The van der Waals surface area contributed by atoms with Crippen molar-refractivity contribution < 1.29 is 4.74 Å². The second-order valence-corrected chi connectivity index (χ2v) is 9.40. The number of ether oxygens (including phenoxy) is 1. The van der Waals surface area contributed by atoms with Gasteiger partial charge in [0.05, 0.1) is 0 Å². The summed E-state index contributed by atoms with van der Waals surface area (Å²) in [5.74, 6) is 2.24. The number of aromatic nitrogens is 2. The molecule has 0 bridgehead atoms. The first-order chi connectivity index (χ1) is 15.4. The van der Waals surface area contributed by atoms with E-state index in [0.717, 1.165) is 54.4 Å². The molecule has 6 nitrogen and oxygen atoms in total. The van der Waals surface area contributed by atoms with Gasteiger partial charge in [0.1, 0.15) is 17.7 Å². The van der Waals surface area contributed by atoms with Gasteiger partial charge in [-0.2, -0.15) is 4.98 Å². The number of halogens is 1. The number of nitrogens with zero attached hydrogens (tertiary/aromatic N) is 2. The van der Waals surface area contributed by atoms with Gasteiger partial charge in [0, 0.05) is 23.1 Å². The molecule has 1 aliphatic heterocycles. The van der Waals surface area contributed by atoms with E-state index in [4.69, 9.17) is 9.72 Å². The van der Waals surface area contributed by atoms with Crippen LogP contribution < -0.4 is 20.7 Å². The van der Waals surface area contributed by atoms with E-state index in [-0.39, 0.29) is 17.8 Å². The highest BCUT2D eigenvalue weighted by Crippen LogP contribution is 2.27. The first-order valence-electron chi connectivity index (χ1n) is 11.3. The molecule has 0 radical (unpaired) electrons. The molecule has 2 heterocycles. The van der Waals surface area contributed by atoms with Gasteiger partial charge in [-0.3, -0.25) is 0 Å². The van der Waals surface area contributed by atoms with E-state index >= 15 is 0 Å². The van der Waals surface area contributed by atoms with Crippen LogP contribution in [0.25, 0.3) is 0 Å². The second-order valence-electron chi connectivity index (χ2n) is 9.40. The van der Waals surface area contributed by atoms with Gasteiger partial charge in [-0.05, 0) is 80.2 Å². The van der Waals surface area contributed by atoms with Gasteiger partial charge in [0.2, 0.25) is 5.95 Å². The summed E-state index contributed by atoms with van der Waals surface area (Å²) in [7, 11) is 0. The summed E-state index contributed by atoms with van der Waals surface area (Å²) in [6, 6.07) is 16.5. The Balaban J connectivity index is 0.00000306. The van der Waals surface area contributed by atoms with E-state index in [1.807, 2.05) is 37.4 Å². The van der Waals surface area contributed by atoms with Gasteiger partial charge in [-0.25, -0.2) is 4.98 Å². The Kier molecular flexibility index (Phi) is 8.16. The van der Waals surface area contributed by atoms with E-state index in [1.165, 1.54) is 5.56 Å². The Morgan fingerprint density at radius 3 is 2.39 bits per heavy atom. The number of anilines is 4. The topological polar surface area (TPSA) is 71.1 Å². The zero-order valence-corrected chi connectivity index (χ0v) is 20.6. The summed E-state index contributed by atoms with van der Waals surface area (Å²) < 4.78 is 6.09. The van der Waals surface area contributed by atoms with Crippen LogP contribution in [0.4, 0.5) is 23.1 Å². The third-order valence-corrected chi connectivity index (χ3v) is 5.66. The van der Waals surface area contributed by atoms with Crippen molar-refractivity contribution in [2.24, 2.45) is 0 Å². The zero-order valence-electron chi connectivity index (χ0n) is 19.8. The Bertz CT molecular complexity index is 1040. The first-order valence-corrected chi connectivity index (χ1v) is 11.3. The van der Waals surface area contributed by atoms with Gasteiger partial charge in [-0.1, -0.05) is 32.9 Å². The molecule has 33 heavy (non-hydrogen) atoms. The molecule has 3 aromatic rings. The van der Waals surface area contributed by atoms with E-state index in [0.29, 0.717) is 12.1 Å². The molecule has 3 N–H and O–H groups in total. The van der Waals surface area contributed by atoms with Crippen LogP contribution in [0, 0.1) is 6.92 Å². The monoisotopic (exact) mass is 467 g/mol. The van der Waals surface area contributed by atoms with E-state index in [9.17, 15) is 0 Å². The van der Waals surface area contributed by atoms with Crippen molar-refractivity contribution in [3.05, 3.63) is 65.9 Å². The number of hydrogen-bond donors (Lipinski definition) is 3. The minimum atomic E-state index is 0. The summed E-state index contributed by atoms with van der Waals surface area (Å²) in [5.41, 5.74) is 4.30. The molecule has 0 amide bonds. The van der Waals surface area contributed by atoms with Gasteiger partial charge < -0.3 is 20.7 Å². The normalized spacial score (nSPS) is 14.3. The average Bonchev–Trinajstić information content (AvgIpc) is 2.78. The van der Waals surface area contributed by atoms with Crippen LogP contribution in [-0.4, -0.2) is 29.2 Å². The molecule has 0 atom stereocenters. The maximum absolute atomic E-state index is 6.09. The van der Waals surface area contributed by atoms with Crippen LogP contribution in [0.3, 0.4) is 0 Å². The molecule has 176 valence electrons. The summed E-state index contributed by atoms with van der Waals surface area (Å²) in [5, 5.41) is 10.1. The summed E-state index contributed by atoms with van der Waals surface area (Å²) in [6.07, 6.45) is 4.22. The minimum Gasteiger partial charge on any atom is -0.490 e. The van der Waals surface area contributed by atoms with Crippen molar-refractivity contribution in [1.29, 1.82) is 0 Å². The van der Waals surface area contributed by atoms with Crippen LogP contribution in [0.15, 0.2) is 54.7 Å². The zero-order chi connectivity index (χ0) is 22.6. The van der Waals surface area contributed by atoms with Gasteiger partial charge in [-0.15, -0.1) is 12.4 Å². The lowest BCUT2D eigenvalue weighted by molar-refractivity contribution is 0.162. The lowest BCUT2D eigenvalue weighted by Crippen LogP contribution is -2.34. The molecule has 1 fully saturated rings. The fourth-order valence-electron chi connectivity index (χ4n) is 3.68. The molecule has 2 aromatic carbocycles. The largest absolute Gasteiger partial charge is 0.490 e. The summed E-state index contributed by atoms with van der Waals surface area (Å²) in [6.45, 7) is 10.7. The molecule has 0 saturated carbocycles. The Hall–Kier alpha value is -2.83. The third kappa shape index (κ3) is 6.83. The predicted molar refractivity (Wildman–Crippen MR) is 139 cm³/mol. The number of nitrogens with one attached hydrogen (secondary N) is 3. The number of aryl methyl sites for hydroxylation is 1. The van der Waals surface area contributed by atoms with E-state index in [2.05, 4.69) is 66.0 Å². The maximum Gasteiger partial charge on any atom is 0.229 e. The average molecular weight is 468 g/mol. The molecule has 1 aromatic heterocycles. The third-order valence-electron chi connectivity index (χ3n) is 5.66. The van der Waals surface area contributed by atoms with Crippen molar-refractivity contribution in [2.75, 3.05) is 23.7 Å². The number of benzene rings is 2. The van der Waals surface area contributed by atoms with Gasteiger partial charge >= 0.3 is 0 Å². The molecule has 4 rings (SSSR count). The van der Waals surface area contributed by atoms with Crippen LogP contribution >= 0.6 is 12.4 Å². The highest BCUT2D eigenvalue weighted by molar-refractivity contribution is 5.85. The maximum atomic E-state index is 6.09. The minimum absolute atomic E-state index is 0. The molecule has 1 saturated heterocycles. The van der Waals surface area contributed by atoms with Crippen LogP contribution in [0.1, 0.15) is 44.7 Å². The summed E-state index contributed by atoms with van der Waals surface area (Å²) >= 11 is 0. The first kappa shape index (κ1) is 24.8. The number of piperidine rings is 1. The molecular formula is C26H34ClN5O. The Morgan fingerprint density at radius 2 is 1.70 bits per heavy atom. The fraction of sp³-hybridized carbons (Fsp3) is 0.385. The fourth-order valence-corrected chi connectivity index (χ4v) is 3.68. The quantitative estimate of drug-likeness (QED) is 0.405. The molecule has 0 unspecified atom stereocenters.